The second kappa shape index (κ2) is 6.91. The minimum Gasteiger partial charge on any atom is -0.200 e. The van der Waals surface area contributed by atoms with E-state index >= 15 is 0 Å². The molecule has 0 amide bonds. The molecule has 122 valence electrons. The van der Waals surface area contributed by atoms with Crippen LogP contribution in [0.2, 0.25) is 10.0 Å². The molecule has 0 saturated carbocycles. The highest BCUT2D eigenvalue weighted by molar-refractivity contribution is 7.89. The summed E-state index contributed by atoms with van der Waals surface area (Å²) in [6.45, 7) is 5.42. The van der Waals surface area contributed by atoms with Crippen LogP contribution in [0.4, 0.5) is 0 Å². The van der Waals surface area contributed by atoms with E-state index in [4.69, 9.17) is 23.2 Å². The van der Waals surface area contributed by atoms with Crippen molar-refractivity contribution in [3.63, 3.8) is 0 Å². The van der Waals surface area contributed by atoms with Gasteiger partial charge in [0.2, 0.25) is 0 Å². The molecule has 2 aromatic carbocycles. The average molecular weight is 371 g/mol. The smallest absolute Gasteiger partial charge is 0.200 e. The summed E-state index contributed by atoms with van der Waals surface area (Å²) >= 11 is 12.0. The second-order valence-corrected chi connectivity index (χ2v) is 7.63. The summed E-state index contributed by atoms with van der Waals surface area (Å²) in [5.41, 5.74) is 2.79. The molecule has 1 N–H and O–H groups in total. The van der Waals surface area contributed by atoms with Gasteiger partial charge in [-0.15, -0.1) is 0 Å². The first-order chi connectivity index (χ1) is 10.7. The van der Waals surface area contributed by atoms with E-state index in [-0.39, 0.29) is 4.90 Å². The summed E-state index contributed by atoms with van der Waals surface area (Å²) < 4.78 is 24.9. The van der Waals surface area contributed by atoms with E-state index in [0.717, 1.165) is 5.56 Å². The van der Waals surface area contributed by atoms with Crippen LogP contribution in [0.1, 0.15) is 22.3 Å². The fourth-order valence-electron chi connectivity index (χ4n) is 2.43. The Labute approximate surface area is 146 Å². The quantitative estimate of drug-likeness (QED) is 0.646. The molecule has 0 aliphatic rings. The number of halogens is 2. The molecule has 0 heterocycles. The summed E-state index contributed by atoms with van der Waals surface area (Å²) in [6, 6.07) is 8.63. The fourth-order valence-corrected chi connectivity index (χ4v) is 4.17. The van der Waals surface area contributed by atoms with Gasteiger partial charge >= 0.3 is 0 Å². The number of sulfonamides is 1. The predicted octanol–water partition coefficient (Wildman–Crippen LogP) is 4.23. The molecule has 0 radical (unpaired) electrons. The third kappa shape index (κ3) is 4.05. The minimum atomic E-state index is -3.77. The van der Waals surface area contributed by atoms with E-state index in [2.05, 4.69) is 9.93 Å². The molecule has 23 heavy (non-hydrogen) atoms. The van der Waals surface area contributed by atoms with E-state index in [0.29, 0.717) is 26.7 Å². The van der Waals surface area contributed by atoms with Crippen LogP contribution in [0.5, 0.6) is 0 Å². The maximum absolute atomic E-state index is 12.5. The molecule has 0 aliphatic heterocycles. The number of nitrogens with zero attached hydrogens (tertiary/aromatic N) is 1. The standard InChI is InChI=1S/C16H16Cl2N2O2S/c1-10-7-11(2)16(12(3)8-10)23(21,22)20-19-9-13-14(17)5-4-6-15(13)18/h4-9,20H,1-3H3/b19-9+. The van der Waals surface area contributed by atoms with Gasteiger partial charge in [0.25, 0.3) is 10.0 Å². The van der Waals surface area contributed by atoms with Crippen LogP contribution in [-0.2, 0) is 10.0 Å². The van der Waals surface area contributed by atoms with Gasteiger partial charge in [0.05, 0.1) is 21.2 Å². The van der Waals surface area contributed by atoms with Crippen molar-refractivity contribution in [2.75, 3.05) is 0 Å². The molecule has 0 saturated heterocycles. The molecular weight excluding hydrogens is 355 g/mol. The number of rotatable bonds is 4. The maximum atomic E-state index is 12.5. The Morgan fingerprint density at radius 1 is 1.04 bits per heavy atom. The monoisotopic (exact) mass is 370 g/mol. The number of benzene rings is 2. The molecule has 7 heteroatoms. The van der Waals surface area contributed by atoms with E-state index in [1.54, 1.807) is 32.0 Å². The van der Waals surface area contributed by atoms with Crippen molar-refractivity contribution in [1.29, 1.82) is 0 Å². The van der Waals surface area contributed by atoms with Crippen molar-refractivity contribution in [1.82, 2.24) is 4.83 Å². The first-order valence-electron chi connectivity index (χ1n) is 6.79. The van der Waals surface area contributed by atoms with Crippen LogP contribution >= 0.6 is 23.2 Å². The van der Waals surface area contributed by atoms with Crippen molar-refractivity contribution in [3.05, 3.63) is 62.6 Å². The zero-order chi connectivity index (χ0) is 17.2. The van der Waals surface area contributed by atoms with Crippen molar-refractivity contribution < 1.29 is 8.42 Å². The molecule has 0 aliphatic carbocycles. The molecule has 0 atom stereocenters. The van der Waals surface area contributed by atoms with Gasteiger partial charge in [-0.3, -0.25) is 0 Å². The SMILES string of the molecule is Cc1cc(C)c(S(=O)(=O)N/N=C/c2c(Cl)cccc2Cl)c(C)c1. The zero-order valence-corrected chi connectivity index (χ0v) is 15.2. The Balaban J connectivity index is 2.32. The lowest BCUT2D eigenvalue weighted by atomic mass is 10.1. The topological polar surface area (TPSA) is 58.5 Å². The van der Waals surface area contributed by atoms with Crippen molar-refractivity contribution in [3.8, 4) is 0 Å². The second-order valence-electron chi connectivity index (χ2n) is 5.22. The first-order valence-corrected chi connectivity index (χ1v) is 9.03. The largest absolute Gasteiger partial charge is 0.277 e. The Morgan fingerprint density at radius 2 is 1.57 bits per heavy atom. The van der Waals surface area contributed by atoms with Gasteiger partial charge in [-0.1, -0.05) is 47.0 Å². The highest BCUT2D eigenvalue weighted by Crippen LogP contribution is 2.23. The molecule has 0 aromatic heterocycles. The van der Waals surface area contributed by atoms with Gasteiger partial charge in [0.1, 0.15) is 0 Å². The number of hydrogen-bond donors (Lipinski definition) is 1. The Bertz CT molecular complexity index is 834. The summed E-state index contributed by atoms with van der Waals surface area (Å²) in [5.74, 6) is 0. The van der Waals surface area contributed by atoms with Crippen LogP contribution in [0.25, 0.3) is 0 Å². The highest BCUT2D eigenvalue weighted by atomic mass is 35.5. The lowest BCUT2D eigenvalue weighted by Crippen LogP contribution is -2.20. The Kier molecular flexibility index (Phi) is 5.34. The first kappa shape index (κ1) is 17.8. The maximum Gasteiger partial charge on any atom is 0.277 e. The number of aryl methyl sites for hydroxylation is 3. The molecule has 2 rings (SSSR count). The van der Waals surface area contributed by atoms with Crippen LogP contribution in [0, 0.1) is 20.8 Å². The molecule has 0 unspecified atom stereocenters. The van der Waals surface area contributed by atoms with Crippen molar-refractivity contribution in [2.24, 2.45) is 5.10 Å². The number of hydrogen-bond acceptors (Lipinski definition) is 3. The zero-order valence-electron chi connectivity index (χ0n) is 12.9. The molecule has 2 aromatic rings. The van der Waals surface area contributed by atoms with Crippen LogP contribution in [0.3, 0.4) is 0 Å². The minimum absolute atomic E-state index is 0.227. The third-order valence-electron chi connectivity index (χ3n) is 3.24. The lowest BCUT2D eigenvalue weighted by Gasteiger charge is -2.11. The third-order valence-corrected chi connectivity index (χ3v) is 5.43. The molecule has 0 bridgehead atoms. The molecule has 0 spiro atoms. The predicted molar refractivity (Wildman–Crippen MR) is 95.0 cm³/mol. The summed E-state index contributed by atoms with van der Waals surface area (Å²) in [4.78, 5) is 2.43. The van der Waals surface area contributed by atoms with Crippen LogP contribution in [0.15, 0.2) is 40.3 Å². The van der Waals surface area contributed by atoms with E-state index in [1.165, 1.54) is 6.21 Å². The molecular formula is C16H16Cl2N2O2S. The van der Waals surface area contributed by atoms with Gasteiger partial charge in [0, 0.05) is 5.56 Å². The molecule has 0 fully saturated rings. The fraction of sp³-hybridized carbons (Fsp3) is 0.188. The number of nitrogens with one attached hydrogen (secondary N) is 1. The van der Waals surface area contributed by atoms with Gasteiger partial charge in [-0.2, -0.15) is 13.5 Å². The number of hydrazone groups is 1. The lowest BCUT2D eigenvalue weighted by molar-refractivity contribution is 0.583. The van der Waals surface area contributed by atoms with E-state index in [9.17, 15) is 8.42 Å². The van der Waals surface area contributed by atoms with Crippen molar-refractivity contribution >= 4 is 39.4 Å². The van der Waals surface area contributed by atoms with E-state index in [1.807, 2.05) is 19.1 Å². The van der Waals surface area contributed by atoms with Gasteiger partial charge in [0.15, 0.2) is 0 Å². The Hall–Kier alpha value is -1.56. The molecule has 4 nitrogen and oxygen atoms in total. The summed E-state index contributed by atoms with van der Waals surface area (Å²) in [7, 11) is -3.77. The van der Waals surface area contributed by atoms with Gasteiger partial charge < -0.3 is 0 Å². The normalized spacial score (nSPS) is 11.9. The Morgan fingerprint density at radius 3 is 2.09 bits per heavy atom. The highest BCUT2D eigenvalue weighted by Gasteiger charge is 2.19. The van der Waals surface area contributed by atoms with Gasteiger partial charge in [-0.25, -0.2) is 4.83 Å². The van der Waals surface area contributed by atoms with Crippen LogP contribution in [-0.4, -0.2) is 14.6 Å². The summed E-state index contributed by atoms with van der Waals surface area (Å²) in [6.07, 6.45) is 1.29. The van der Waals surface area contributed by atoms with Crippen molar-refractivity contribution in [2.45, 2.75) is 25.7 Å². The van der Waals surface area contributed by atoms with Crippen LogP contribution < -0.4 is 4.83 Å². The summed E-state index contributed by atoms with van der Waals surface area (Å²) in [5, 5.41) is 4.57. The average Bonchev–Trinajstić information content (AvgIpc) is 2.40. The van der Waals surface area contributed by atoms with Gasteiger partial charge in [-0.05, 0) is 44.0 Å². The van der Waals surface area contributed by atoms with E-state index < -0.39 is 10.0 Å².